The largest absolute Gasteiger partial charge is 0.459 e. The number of hydrogen-bond acceptors (Lipinski definition) is 6. The van der Waals surface area contributed by atoms with Gasteiger partial charge in [0.25, 0.3) is 0 Å². The smallest absolute Gasteiger partial charge is 0.331 e. The van der Waals surface area contributed by atoms with Crippen LogP contribution in [0.15, 0.2) is 72.9 Å². The molecule has 5 unspecified atom stereocenters. The quantitative estimate of drug-likeness (QED) is 0.592. The molecule has 5 atom stereocenters. The first kappa shape index (κ1) is 26.8. The minimum absolute atomic E-state index is 0.277. The maximum absolute atomic E-state index is 12.1. The van der Waals surface area contributed by atoms with Crippen molar-refractivity contribution in [1.29, 1.82) is 0 Å². The third kappa shape index (κ3) is 14.4. The topological polar surface area (TPSA) is 96.2 Å². The highest BCUT2D eigenvalue weighted by Gasteiger charge is 2.19. The van der Waals surface area contributed by atoms with Gasteiger partial charge in [-0.2, -0.15) is 0 Å². The molecule has 172 valence electrons. The summed E-state index contributed by atoms with van der Waals surface area (Å²) in [5, 5.41) is 29.7. The number of methoxy groups -OCH3 is 1. The van der Waals surface area contributed by atoms with E-state index in [0.717, 1.165) is 0 Å². The van der Waals surface area contributed by atoms with Crippen molar-refractivity contribution in [3.8, 4) is 0 Å². The van der Waals surface area contributed by atoms with E-state index in [-0.39, 0.29) is 6.10 Å². The third-order valence-electron chi connectivity index (χ3n) is 4.54. The summed E-state index contributed by atoms with van der Waals surface area (Å²) in [5.41, 5.74) is 0. The van der Waals surface area contributed by atoms with Crippen LogP contribution in [0.5, 0.6) is 0 Å². The van der Waals surface area contributed by atoms with Gasteiger partial charge < -0.3 is 24.8 Å². The van der Waals surface area contributed by atoms with Gasteiger partial charge in [0, 0.05) is 26.0 Å². The summed E-state index contributed by atoms with van der Waals surface area (Å²) in [6.07, 6.45) is 20.3. The van der Waals surface area contributed by atoms with Crippen molar-refractivity contribution < 1.29 is 29.6 Å². The lowest BCUT2D eigenvalue weighted by Gasteiger charge is -2.21. The summed E-state index contributed by atoms with van der Waals surface area (Å²) in [5.74, 6) is -0.491. The van der Waals surface area contributed by atoms with E-state index in [1.807, 2.05) is 36.5 Å². The van der Waals surface area contributed by atoms with Crippen LogP contribution in [0, 0.1) is 0 Å². The van der Waals surface area contributed by atoms with Gasteiger partial charge in [-0.15, -0.1) is 0 Å². The highest BCUT2D eigenvalue weighted by molar-refractivity contribution is 5.82. The highest BCUT2D eigenvalue weighted by Crippen LogP contribution is 2.14. The minimum atomic E-state index is -0.619. The molecule has 0 aromatic carbocycles. The molecule has 0 saturated carbocycles. The Balaban J connectivity index is 2.90. The van der Waals surface area contributed by atoms with E-state index in [4.69, 9.17) is 9.47 Å². The zero-order valence-corrected chi connectivity index (χ0v) is 18.4. The number of aliphatic hydroxyl groups is 3. The van der Waals surface area contributed by atoms with E-state index >= 15 is 0 Å². The third-order valence-corrected chi connectivity index (χ3v) is 4.54. The number of cyclic esters (lactones) is 1. The Bertz CT molecular complexity index is 671. The number of hydrogen-bond donors (Lipinski definition) is 3. The lowest BCUT2D eigenvalue weighted by Crippen LogP contribution is -2.26. The molecule has 0 radical (unpaired) electrons. The van der Waals surface area contributed by atoms with Gasteiger partial charge in [-0.1, -0.05) is 66.8 Å². The van der Waals surface area contributed by atoms with Crippen molar-refractivity contribution in [1.82, 2.24) is 0 Å². The molecule has 6 nitrogen and oxygen atoms in total. The molecule has 1 aliphatic heterocycles. The molecular weight excluding hydrogens is 396 g/mol. The molecule has 0 aromatic heterocycles. The molecular formula is C25H36O6. The van der Waals surface area contributed by atoms with Crippen molar-refractivity contribution in [3.05, 3.63) is 72.9 Å². The molecule has 0 saturated heterocycles. The normalized spacial score (nSPS) is 33.1. The number of aliphatic hydroxyl groups excluding tert-OH is 3. The van der Waals surface area contributed by atoms with Crippen LogP contribution in [0.4, 0.5) is 0 Å². The summed E-state index contributed by atoms with van der Waals surface area (Å²) in [4.78, 5) is 12.1. The van der Waals surface area contributed by atoms with E-state index in [1.54, 1.807) is 44.4 Å². The van der Waals surface area contributed by atoms with Crippen LogP contribution in [0.3, 0.4) is 0 Å². The average Bonchev–Trinajstić information content (AvgIpc) is 2.70. The fourth-order valence-corrected chi connectivity index (χ4v) is 3.00. The maximum Gasteiger partial charge on any atom is 0.331 e. The Morgan fingerprint density at radius 2 is 1.55 bits per heavy atom. The van der Waals surface area contributed by atoms with Crippen LogP contribution < -0.4 is 0 Å². The summed E-state index contributed by atoms with van der Waals surface area (Å²) >= 11 is 0. The van der Waals surface area contributed by atoms with Gasteiger partial charge in [-0.3, -0.25) is 0 Å². The van der Waals surface area contributed by atoms with Crippen LogP contribution in [0.25, 0.3) is 0 Å². The number of allylic oxidation sites excluding steroid dienone is 8. The molecule has 1 aliphatic rings. The molecule has 3 N–H and O–H groups in total. The fraction of sp³-hybridized carbons (Fsp3) is 0.480. The van der Waals surface area contributed by atoms with E-state index in [9.17, 15) is 20.1 Å². The second kappa shape index (κ2) is 16.4. The standard InChI is InChI=1S/C25H36O6/c1-20(26)17-24-19-23(30-2)15-11-7-3-5-9-13-21(27)18-22(28)14-10-6-4-8-12-16-25(29)31-24/h3-12,15-16,20-24,26-28H,13-14,17-19H2,1-2H3/b7-3+,8-4+,9-5+,10-6+,15-11?,16-12+. The number of esters is 1. The maximum atomic E-state index is 12.1. The van der Waals surface area contributed by atoms with Gasteiger partial charge >= 0.3 is 5.97 Å². The first-order valence-corrected chi connectivity index (χ1v) is 10.7. The van der Waals surface area contributed by atoms with Crippen LogP contribution in [-0.2, 0) is 14.3 Å². The fourth-order valence-electron chi connectivity index (χ4n) is 3.00. The summed E-state index contributed by atoms with van der Waals surface area (Å²) in [7, 11) is 1.58. The van der Waals surface area contributed by atoms with Gasteiger partial charge in [0.2, 0.25) is 0 Å². The average molecular weight is 433 g/mol. The lowest BCUT2D eigenvalue weighted by molar-refractivity contribution is -0.145. The number of carbonyl (C=O) groups is 1. The molecule has 1 heterocycles. The Morgan fingerprint density at radius 1 is 0.968 bits per heavy atom. The van der Waals surface area contributed by atoms with E-state index in [2.05, 4.69) is 0 Å². The Kier molecular flexibility index (Phi) is 14.2. The van der Waals surface area contributed by atoms with Gasteiger partial charge in [0.1, 0.15) is 6.10 Å². The monoisotopic (exact) mass is 432 g/mol. The molecule has 0 spiro atoms. The molecule has 1 rings (SSSR count). The predicted molar refractivity (Wildman–Crippen MR) is 122 cm³/mol. The number of rotatable bonds is 3. The van der Waals surface area contributed by atoms with Crippen LogP contribution >= 0.6 is 0 Å². The molecule has 31 heavy (non-hydrogen) atoms. The molecule has 0 aliphatic carbocycles. The van der Waals surface area contributed by atoms with Gasteiger partial charge in [0.15, 0.2) is 0 Å². The lowest BCUT2D eigenvalue weighted by atomic mass is 10.1. The number of ether oxygens (including phenoxy) is 2. The Hall–Kier alpha value is -2.25. The van der Waals surface area contributed by atoms with Crippen LogP contribution in [0.2, 0.25) is 0 Å². The zero-order chi connectivity index (χ0) is 22.9. The highest BCUT2D eigenvalue weighted by atomic mass is 16.5. The van der Waals surface area contributed by atoms with E-state index in [1.165, 1.54) is 6.08 Å². The predicted octanol–water partition coefficient (Wildman–Crippen LogP) is 3.32. The van der Waals surface area contributed by atoms with E-state index in [0.29, 0.717) is 32.1 Å². The van der Waals surface area contributed by atoms with Gasteiger partial charge in [-0.05, 0) is 26.2 Å². The van der Waals surface area contributed by atoms with Crippen LogP contribution in [0.1, 0.15) is 39.0 Å². The van der Waals surface area contributed by atoms with Crippen molar-refractivity contribution in [2.24, 2.45) is 0 Å². The van der Waals surface area contributed by atoms with Crippen molar-refractivity contribution >= 4 is 5.97 Å². The Labute approximate surface area is 185 Å². The van der Waals surface area contributed by atoms with Crippen LogP contribution in [-0.4, -0.2) is 58.9 Å². The summed E-state index contributed by atoms with van der Waals surface area (Å²) in [6.45, 7) is 1.65. The molecule has 0 bridgehead atoms. The zero-order valence-electron chi connectivity index (χ0n) is 18.4. The molecule has 6 heteroatoms. The van der Waals surface area contributed by atoms with Crippen molar-refractivity contribution in [2.75, 3.05) is 7.11 Å². The molecule has 0 fully saturated rings. The van der Waals surface area contributed by atoms with Crippen molar-refractivity contribution in [3.63, 3.8) is 0 Å². The van der Waals surface area contributed by atoms with E-state index < -0.39 is 30.4 Å². The first-order chi connectivity index (χ1) is 14.9. The molecule has 0 amide bonds. The second-order valence-corrected chi connectivity index (χ2v) is 7.54. The number of carbonyl (C=O) groups excluding carboxylic acids is 1. The summed E-state index contributed by atoms with van der Waals surface area (Å²) < 4.78 is 10.9. The SMILES string of the molecule is COC1C=C/C=C/C=C/CC(O)CC(O)C/C=C/C=C/C=C/C(=O)OC(CC(C)O)C1. The van der Waals surface area contributed by atoms with Gasteiger partial charge in [-0.25, -0.2) is 4.79 Å². The Morgan fingerprint density at radius 3 is 2.13 bits per heavy atom. The van der Waals surface area contributed by atoms with Crippen molar-refractivity contribution in [2.45, 2.75) is 69.5 Å². The molecule has 0 aromatic rings. The second-order valence-electron chi connectivity index (χ2n) is 7.54. The minimum Gasteiger partial charge on any atom is -0.459 e. The summed E-state index contributed by atoms with van der Waals surface area (Å²) in [6, 6.07) is 0. The van der Waals surface area contributed by atoms with Gasteiger partial charge in [0.05, 0.1) is 24.4 Å². The first-order valence-electron chi connectivity index (χ1n) is 10.7.